The molecule has 1 aromatic carbocycles. The Labute approximate surface area is 99.7 Å². The molecule has 3 nitrogen and oxygen atoms in total. The lowest BCUT2D eigenvalue weighted by Gasteiger charge is -2.00. The fourth-order valence-electron chi connectivity index (χ4n) is 1.53. The lowest BCUT2D eigenvalue weighted by Crippen LogP contribution is -2.03. The quantitative estimate of drug-likeness (QED) is 0.861. The number of halogens is 2. The summed E-state index contributed by atoms with van der Waals surface area (Å²) in [6, 6.07) is 3.02. The number of carbonyl (C=O) groups is 1. The Bertz CT molecular complexity index is 550. The van der Waals surface area contributed by atoms with Crippen LogP contribution < -0.4 is 0 Å². The van der Waals surface area contributed by atoms with Gasteiger partial charge >= 0.3 is 5.97 Å². The third-order valence-electron chi connectivity index (χ3n) is 2.20. The lowest BCUT2D eigenvalue weighted by atomic mass is 10.2. The number of benzene rings is 1. The summed E-state index contributed by atoms with van der Waals surface area (Å²) in [6.07, 6.45) is 1.46. The second-order valence-corrected chi connectivity index (χ2v) is 4.15. The van der Waals surface area contributed by atoms with E-state index in [2.05, 4.69) is 20.9 Å². The van der Waals surface area contributed by atoms with E-state index in [1.807, 2.05) is 0 Å². The third kappa shape index (κ3) is 1.82. The molecule has 84 valence electrons. The molecule has 0 fully saturated rings. The minimum absolute atomic E-state index is 0.294. The van der Waals surface area contributed by atoms with E-state index < -0.39 is 11.8 Å². The molecule has 0 atom stereocenters. The largest absolute Gasteiger partial charge is 0.462 e. The van der Waals surface area contributed by atoms with Crippen LogP contribution in [-0.4, -0.2) is 17.6 Å². The molecule has 0 radical (unpaired) electrons. The molecule has 0 bridgehead atoms. The van der Waals surface area contributed by atoms with Crippen LogP contribution in [0.25, 0.3) is 10.9 Å². The average molecular weight is 286 g/mol. The van der Waals surface area contributed by atoms with Crippen LogP contribution in [0.4, 0.5) is 4.39 Å². The minimum atomic E-state index is -0.453. The van der Waals surface area contributed by atoms with Crippen molar-refractivity contribution in [3.63, 3.8) is 0 Å². The molecular formula is C11H9BrFNO2. The van der Waals surface area contributed by atoms with E-state index in [0.29, 0.717) is 27.5 Å². The van der Waals surface area contributed by atoms with Gasteiger partial charge in [-0.3, -0.25) is 0 Å². The lowest BCUT2D eigenvalue weighted by molar-refractivity contribution is 0.0529. The average Bonchev–Trinajstić information content (AvgIpc) is 2.61. The normalized spacial score (nSPS) is 10.7. The Hall–Kier alpha value is -1.36. The Morgan fingerprint density at radius 3 is 3.00 bits per heavy atom. The predicted molar refractivity (Wildman–Crippen MR) is 61.9 cm³/mol. The number of aromatic amines is 1. The van der Waals surface area contributed by atoms with E-state index in [1.54, 1.807) is 13.0 Å². The van der Waals surface area contributed by atoms with Crippen molar-refractivity contribution in [1.82, 2.24) is 4.98 Å². The molecule has 1 aromatic heterocycles. The Balaban J connectivity index is 2.60. The van der Waals surface area contributed by atoms with Gasteiger partial charge in [-0.05, 0) is 19.1 Å². The zero-order chi connectivity index (χ0) is 11.7. The monoisotopic (exact) mass is 285 g/mol. The van der Waals surface area contributed by atoms with Gasteiger partial charge in [-0.2, -0.15) is 0 Å². The van der Waals surface area contributed by atoms with Gasteiger partial charge < -0.3 is 9.72 Å². The molecule has 0 aliphatic carbocycles. The molecule has 0 aliphatic heterocycles. The molecule has 1 N–H and O–H groups in total. The van der Waals surface area contributed by atoms with E-state index in [-0.39, 0.29) is 0 Å². The zero-order valence-corrected chi connectivity index (χ0v) is 10.1. The topological polar surface area (TPSA) is 42.1 Å². The van der Waals surface area contributed by atoms with Crippen LogP contribution in [0.15, 0.2) is 22.8 Å². The molecule has 0 spiro atoms. The van der Waals surface area contributed by atoms with Crippen LogP contribution in [0.5, 0.6) is 0 Å². The van der Waals surface area contributed by atoms with E-state index in [0.717, 1.165) is 0 Å². The molecule has 0 aliphatic rings. The minimum Gasteiger partial charge on any atom is -0.462 e. The number of hydrogen-bond donors (Lipinski definition) is 1. The van der Waals surface area contributed by atoms with Crippen molar-refractivity contribution < 1.29 is 13.9 Å². The summed E-state index contributed by atoms with van der Waals surface area (Å²) in [6.45, 7) is 2.02. The second-order valence-electron chi connectivity index (χ2n) is 3.23. The highest BCUT2D eigenvalue weighted by Gasteiger charge is 2.15. The first-order valence-electron chi connectivity index (χ1n) is 4.76. The van der Waals surface area contributed by atoms with Crippen molar-refractivity contribution in [2.75, 3.05) is 6.61 Å². The Morgan fingerprint density at radius 1 is 1.56 bits per heavy atom. The van der Waals surface area contributed by atoms with Gasteiger partial charge in [-0.15, -0.1) is 0 Å². The molecule has 0 saturated heterocycles. The Morgan fingerprint density at radius 2 is 2.31 bits per heavy atom. The third-order valence-corrected chi connectivity index (χ3v) is 2.66. The van der Waals surface area contributed by atoms with Crippen molar-refractivity contribution in [1.29, 1.82) is 0 Å². The number of aromatic nitrogens is 1. The highest BCUT2D eigenvalue weighted by Crippen LogP contribution is 2.26. The van der Waals surface area contributed by atoms with E-state index >= 15 is 0 Å². The summed E-state index contributed by atoms with van der Waals surface area (Å²) < 4.78 is 19.0. The molecule has 0 unspecified atom stereocenters. The van der Waals surface area contributed by atoms with Gasteiger partial charge in [-0.1, -0.05) is 15.9 Å². The number of esters is 1. The van der Waals surface area contributed by atoms with Gasteiger partial charge in [0.05, 0.1) is 17.7 Å². The molecule has 2 aromatic rings. The first-order chi connectivity index (χ1) is 7.63. The summed E-state index contributed by atoms with van der Waals surface area (Å²) in [5, 5.41) is 0.519. The summed E-state index contributed by atoms with van der Waals surface area (Å²) in [5.41, 5.74) is 0.656. The summed E-state index contributed by atoms with van der Waals surface area (Å²) in [5.74, 6) is -0.855. The first-order valence-corrected chi connectivity index (χ1v) is 5.56. The van der Waals surface area contributed by atoms with Crippen LogP contribution >= 0.6 is 15.9 Å². The van der Waals surface area contributed by atoms with Gasteiger partial charge in [0.25, 0.3) is 0 Å². The summed E-state index contributed by atoms with van der Waals surface area (Å²) >= 11 is 3.18. The summed E-state index contributed by atoms with van der Waals surface area (Å²) in [7, 11) is 0. The van der Waals surface area contributed by atoms with Gasteiger partial charge in [0.15, 0.2) is 0 Å². The van der Waals surface area contributed by atoms with Crippen LogP contribution in [0.3, 0.4) is 0 Å². The summed E-state index contributed by atoms with van der Waals surface area (Å²) in [4.78, 5) is 14.3. The number of fused-ring (bicyclic) bond motifs is 1. The SMILES string of the molecule is CCOC(=O)c1c[nH]c2c(F)cc(Br)cc12. The molecule has 2 rings (SSSR count). The fourth-order valence-corrected chi connectivity index (χ4v) is 1.96. The van der Waals surface area contributed by atoms with Crippen molar-refractivity contribution in [2.24, 2.45) is 0 Å². The van der Waals surface area contributed by atoms with E-state index in [9.17, 15) is 9.18 Å². The molecule has 5 heteroatoms. The van der Waals surface area contributed by atoms with E-state index in [4.69, 9.17) is 4.74 Å². The maximum atomic E-state index is 13.5. The predicted octanol–water partition coefficient (Wildman–Crippen LogP) is 3.25. The molecule has 0 amide bonds. The van der Waals surface area contributed by atoms with Crippen LogP contribution in [0.2, 0.25) is 0 Å². The number of ether oxygens (including phenoxy) is 1. The maximum absolute atomic E-state index is 13.5. The van der Waals surface area contributed by atoms with Crippen molar-refractivity contribution in [3.8, 4) is 0 Å². The van der Waals surface area contributed by atoms with Crippen molar-refractivity contribution in [2.45, 2.75) is 6.92 Å². The fraction of sp³-hybridized carbons (Fsp3) is 0.182. The number of hydrogen-bond acceptors (Lipinski definition) is 2. The molecule has 0 saturated carbocycles. The number of carbonyl (C=O) groups excluding carboxylic acids is 1. The highest BCUT2D eigenvalue weighted by atomic mass is 79.9. The molecule has 1 heterocycles. The van der Waals surface area contributed by atoms with Crippen LogP contribution in [0.1, 0.15) is 17.3 Å². The second kappa shape index (κ2) is 4.25. The van der Waals surface area contributed by atoms with E-state index in [1.165, 1.54) is 12.3 Å². The van der Waals surface area contributed by atoms with Crippen molar-refractivity contribution >= 4 is 32.8 Å². The maximum Gasteiger partial charge on any atom is 0.340 e. The molecular weight excluding hydrogens is 277 g/mol. The number of nitrogens with one attached hydrogen (secondary N) is 1. The number of rotatable bonds is 2. The Kier molecular flexibility index (Phi) is 2.96. The van der Waals surface area contributed by atoms with Gasteiger partial charge in [0.2, 0.25) is 0 Å². The van der Waals surface area contributed by atoms with Gasteiger partial charge in [0.1, 0.15) is 5.82 Å². The number of H-pyrrole nitrogens is 1. The van der Waals surface area contributed by atoms with Crippen LogP contribution in [-0.2, 0) is 4.74 Å². The highest BCUT2D eigenvalue weighted by molar-refractivity contribution is 9.10. The zero-order valence-electron chi connectivity index (χ0n) is 8.51. The first kappa shape index (κ1) is 11.1. The van der Waals surface area contributed by atoms with Gasteiger partial charge in [-0.25, -0.2) is 9.18 Å². The smallest absolute Gasteiger partial charge is 0.340 e. The van der Waals surface area contributed by atoms with Gasteiger partial charge in [0, 0.05) is 16.1 Å². The standard InChI is InChI=1S/C11H9BrFNO2/c1-2-16-11(15)8-5-14-10-7(8)3-6(12)4-9(10)13/h3-5,14H,2H2,1H3. The van der Waals surface area contributed by atoms with Crippen molar-refractivity contribution in [3.05, 3.63) is 34.2 Å². The molecule has 16 heavy (non-hydrogen) atoms. The van der Waals surface area contributed by atoms with Crippen LogP contribution in [0, 0.1) is 5.82 Å².